The number of epoxide rings is 1. The molecule has 4 N–H and O–H groups in total. The van der Waals surface area contributed by atoms with Crippen LogP contribution in [0.25, 0.3) is 0 Å². The number of hydrogen-bond donors (Lipinski definition) is 3. The first kappa shape index (κ1) is 31.6. The van der Waals surface area contributed by atoms with Crippen LogP contribution in [0, 0.1) is 5.92 Å². The Balaban J connectivity index is 1.65. The SMILES string of the molecule is COc1ccc(CC(NC(=O)[C@H](C)NC(=O)CN2CCOCC2)(C(N)=O)[C@H](CC2=CCOCC2)C(=O)[C@@]2(C)CO2)cc1. The number of methoxy groups -OCH3 is 1. The van der Waals surface area contributed by atoms with Crippen molar-refractivity contribution in [2.45, 2.75) is 50.3 Å². The highest BCUT2D eigenvalue weighted by molar-refractivity contribution is 6.02. The van der Waals surface area contributed by atoms with Crippen molar-refractivity contribution < 1.29 is 38.1 Å². The lowest BCUT2D eigenvalue weighted by atomic mass is 9.70. The zero-order valence-corrected chi connectivity index (χ0v) is 24.6. The number of carbonyl (C=O) groups excluding carboxylic acids is 4. The van der Waals surface area contributed by atoms with Gasteiger partial charge >= 0.3 is 0 Å². The molecule has 3 aliphatic heterocycles. The summed E-state index contributed by atoms with van der Waals surface area (Å²) in [5.41, 5.74) is 4.83. The topological polar surface area (TPSA) is 162 Å². The van der Waals surface area contributed by atoms with Crippen LogP contribution in [-0.2, 0) is 39.8 Å². The molecule has 2 fully saturated rings. The average Bonchev–Trinajstić information content (AvgIpc) is 3.74. The number of ether oxygens (including phenoxy) is 4. The molecule has 0 radical (unpaired) electrons. The molecule has 230 valence electrons. The van der Waals surface area contributed by atoms with Crippen LogP contribution < -0.4 is 21.1 Å². The Morgan fingerprint density at radius 1 is 1.12 bits per heavy atom. The number of amides is 3. The lowest BCUT2D eigenvalue weighted by molar-refractivity contribution is -0.142. The molecule has 12 nitrogen and oxygen atoms in total. The number of carbonyl (C=O) groups is 4. The fourth-order valence-corrected chi connectivity index (χ4v) is 5.41. The van der Waals surface area contributed by atoms with Crippen molar-refractivity contribution in [1.29, 1.82) is 0 Å². The van der Waals surface area contributed by atoms with Gasteiger partial charge in [-0.3, -0.25) is 24.1 Å². The summed E-state index contributed by atoms with van der Waals surface area (Å²) in [7, 11) is 1.55. The van der Waals surface area contributed by atoms with E-state index in [1.165, 1.54) is 6.92 Å². The Bertz CT molecular complexity index is 1180. The van der Waals surface area contributed by atoms with E-state index < -0.39 is 34.9 Å². The second-order valence-electron chi connectivity index (χ2n) is 11.4. The first-order chi connectivity index (χ1) is 20.1. The van der Waals surface area contributed by atoms with E-state index in [4.69, 9.17) is 24.7 Å². The molecule has 0 bridgehead atoms. The Hall–Kier alpha value is -3.32. The predicted molar refractivity (Wildman–Crippen MR) is 153 cm³/mol. The van der Waals surface area contributed by atoms with Gasteiger partial charge in [0.15, 0.2) is 5.78 Å². The zero-order chi connectivity index (χ0) is 30.3. The molecule has 0 aliphatic carbocycles. The Morgan fingerprint density at radius 3 is 2.38 bits per heavy atom. The maximum Gasteiger partial charge on any atom is 0.244 e. The standard InChI is InChI=1S/C30H42N4O8/c1-20(32-25(35)18-34-10-14-41-15-11-34)27(37)33-30(28(31)38,17-22-4-6-23(39-3)7-5-22)24(26(36)29(2)19-42-29)16-21-8-12-40-13-9-21/h4-8,20,24H,9-19H2,1-3H3,(H2,31,38)(H,32,35)(H,33,37)/t20-,24+,29+,30?/m0/s1. The summed E-state index contributed by atoms with van der Waals surface area (Å²) in [5.74, 6) is -2.55. The third-order valence-corrected chi connectivity index (χ3v) is 8.20. The normalized spacial score (nSPS) is 23.5. The molecule has 12 heteroatoms. The number of morpholine rings is 1. The second-order valence-corrected chi connectivity index (χ2v) is 11.4. The highest BCUT2D eigenvalue weighted by Gasteiger charge is 2.58. The van der Waals surface area contributed by atoms with Gasteiger partial charge in [-0.05, 0) is 44.4 Å². The fourth-order valence-electron chi connectivity index (χ4n) is 5.41. The van der Waals surface area contributed by atoms with Crippen LogP contribution in [0.1, 0.15) is 32.3 Å². The molecule has 4 rings (SSSR count). The lowest BCUT2D eigenvalue weighted by Gasteiger charge is -2.40. The minimum Gasteiger partial charge on any atom is -0.497 e. The number of ketones is 1. The van der Waals surface area contributed by atoms with Crippen LogP contribution in [0.15, 0.2) is 35.9 Å². The van der Waals surface area contributed by atoms with E-state index in [-0.39, 0.29) is 37.7 Å². The number of rotatable bonds is 14. The molecule has 1 aromatic carbocycles. The molecule has 3 amide bonds. The molecule has 4 atom stereocenters. The van der Waals surface area contributed by atoms with Gasteiger partial charge in [0.25, 0.3) is 0 Å². The predicted octanol–water partition coefficient (Wildman–Crippen LogP) is 0.126. The van der Waals surface area contributed by atoms with Crippen molar-refractivity contribution in [3.63, 3.8) is 0 Å². The summed E-state index contributed by atoms with van der Waals surface area (Å²) in [5, 5.41) is 5.58. The molecule has 3 aliphatic rings. The number of hydrogen-bond acceptors (Lipinski definition) is 9. The third-order valence-electron chi connectivity index (χ3n) is 8.20. The first-order valence-corrected chi connectivity index (χ1v) is 14.3. The van der Waals surface area contributed by atoms with E-state index in [1.807, 2.05) is 11.0 Å². The molecular formula is C30H42N4O8. The molecule has 0 spiro atoms. The van der Waals surface area contributed by atoms with Crippen molar-refractivity contribution in [2.24, 2.45) is 11.7 Å². The van der Waals surface area contributed by atoms with Gasteiger partial charge in [0.2, 0.25) is 17.7 Å². The molecule has 1 aromatic rings. The van der Waals surface area contributed by atoms with E-state index >= 15 is 0 Å². The number of Topliss-reactive ketones (excluding diaryl/α,β-unsaturated/α-hetero) is 1. The molecule has 1 unspecified atom stereocenters. The number of nitrogens with zero attached hydrogens (tertiary/aromatic N) is 1. The molecule has 2 saturated heterocycles. The van der Waals surface area contributed by atoms with E-state index in [0.717, 1.165) is 5.57 Å². The maximum atomic E-state index is 14.0. The smallest absolute Gasteiger partial charge is 0.244 e. The van der Waals surface area contributed by atoms with Crippen molar-refractivity contribution >= 4 is 23.5 Å². The molecular weight excluding hydrogens is 544 g/mol. The van der Waals surface area contributed by atoms with E-state index in [1.54, 1.807) is 38.3 Å². The third kappa shape index (κ3) is 7.74. The van der Waals surface area contributed by atoms with Crippen LogP contribution in [0.4, 0.5) is 0 Å². The summed E-state index contributed by atoms with van der Waals surface area (Å²) in [6, 6.07) is 6.00. The van der Waals surface area contributed by atoms with Crippen LogP contribution in [0.3, 0.4) is 0 Å². The minimum atomic E-state index is -1.82. The van der Waals surface area contributed by atoms with Gasteiger partial charge in [-0.25, -0.2) is 0 Å². The Morgan fingerprint density at radius 2 is 1.81 bits per heavy atom. The van der Waals surface area contributed by atoms with E-state index in [2.05, 4.69) is 10.6 Å². The monoisotopic (exact) mass is 586 g/mol. The maximum absolute atomic E-state index is 14.0. The van der Waals surface area contributed by atoms with Gasteiger partial charge in [0, 0.05) is 19.5 Å². The van der Waals surface area contributed by atoms with Crippen LogP contribution in [-0.4, -0.2) is 105 Å². The largest absolute Gasteiger partial charge is 0.497 e. The number of nitrogens with one attached hydrogen (secondary N) is 2. The van der Waals surface area contributed by atoms with Crippen LogP contribution in [0.2, 0.25) is 0 Å². The van der Waals surface area contributed by atoms with E-state index in [0.29, 0.717) is 57.3 Å². The van der Waals surface area contributed by atoms with Gasteiger partial charge in [-0.2, -0.15) is 0 Å². The molecule has 0 saturated carbocycles. The summed E-state index contributed by atoms with van der Waals surface area (Å²) >= 11 is 0. The van der Waals surface area contributed by atoms with Crippen molar-refractivity contribution in [3.8, 4) is 5.75 Å². The zero-order valence-electron chi connectivity index (χ0n) is 24.6. The molecule has 42 heavy (non-hydrogen) atoms. The average molecular weight is 587 g/mol. The van der Waals surface area contributed by atoms with Crippen molar-refractivity contribution in [2.75, 3.05) is 59.8 Å². The highest BCUT2D eigenvalue weighted by Crippen LogP contribution is 2.39. The summed E-state index contributed by atoms with van der Waals surface area (Å²) in [6.07, 6.45) is 2.62. The van der Waals surface area contributed by atoms with Crippen molar-refractivity contribution in [1.82, 2.24) is 15.5 Å². The number of primary amides is 1. The number of nitrogens with two attached hydrogens (primary N) is 1. The van der Waals surface area contributed by atoms with Gasteiger partial charge in [-0.1, -0.05) is 23.8 Å². The van der Waals surface area contributed by atoms with Gasteiger partial charge in [0.05, 0.1) is 52.6 Å². The number of benzene rings is 1. The summed E-state index contributed by atoms with van der Waals surface area (Å²) in [6.45, 7) is 6.73. The van der Waals surface area contributed by atoms with Crippen molar-refractivity contribution in [3.05, 3.63) is 41.5 Å². The Kier molecular flexibility index (Phi) is 10.4. The van der Waals surface area contributed by atoms with Gasteiger partial charge < -0.3 is 35.3 Å². The van der Waals surface area contributed by atoms with Crippen LogP contribution >= 0.6 is 0 Å². The Labute approximate surface area is 246 Å². The summed E-state index contributed by atoms with van der Waals surface area (Å²) in [4.78, 5) is 56.0. The van der Waals surface area contributed by atoms with E-state index in [9.17, 15) is 19.2 Å². The van der Waals surface area contributed by atoms with Gasteiger partial charge in [0.1, 0.15) is 22.9 Å². The molecule has 0 aromatic heterocycles. The molecule has 3 heterocycles. The second kappa shape index (κ2) is 13.8. The quantitative estimate of drug-likeness (QED) is 0.203. The summed E-state index contributed by atoms with van der Waals surface area (Å²) < 4.78 is 21.6. The van der Waals surface area contributed by atoms with Crippen LogP contribution in [0.5, 0.6) is 5.75 Å². The van der Waals surface area contributed by atoms with Gasteiger partial charge in [-0.15, -0.1) is 0 Å². The highest BCUT2D eigenvalue weighted by atomic mass is 16.6. The fraction of sp³-hybridized carbons (Fsp3) is 0.600. The first-order valence-electron chi connectivity index (χ1n) is 14.3. The lowest BCUT2D eigenvalue weighted by Crippen LogP contribution is -2.68. The minimum absolute atomic E-state index is 0.0528.